The largest absolute Gasteiger partial charge is 0.369 e. The van der Waals surface area contributed by atoms with E-state index in [4.69, 9.17) is 5.26 Å². The second-order valence-corrected chi connectivity index (χ2v) is 11.2. The van der Waals surface area contributed by atoms with Crippen LogP contribution in [0.4, 0.5) is 11.4 Å². The van der Waals surface area contributed by atoms with E-state index in [0.717, 1.165) is 44.0 Å². The van der Waals surface area contributed by atoms with Gasteiger partial charge in [0.2, 0.25) is 15.9 Å². The van der Waals surface area contributed by atoms with Crippen molar-refractivity contribution in [3.05, 3.63) is 53.6 Å². The summed E-state index contributed by atoms with van der Waals surface area (Å²) in [6.07, 6.45) is 0.945. The number of piperazine rings is 1. The van der Waals surface area contributed by atoms with E-state index < -0.39 is 10.0 Å². The third kappa shape index (κ3) is 5.67. The van der Waals surface area contributed by atoms with Crippen LogP contribution in [0.25, 0.3) is 0 Å². The summed E-state index contributed by atoms with van der Waals surface area (Å²) in [7, 11) is -3.64. The molecule has 2 aliphatic heterocycles. The maximum atomic E-state index is 12.9. The Hall–Kier alpha value is -2.93. The molecule has 9 heteroatoms. The fraction of sp³-hybridized carbons (Fsp3) is 0.462. The topological polar surface area (TPSA) is 96.8 Å². The van der Waals surface area contributed by atoms with Crippen molar-refractivity contribution in [1.29, 1.82) is 5.26 Å². The van der Waals surface area contributed by atoms with Gasteiger partial charge in [-0.2, -0.15) is 9.57 Å². The predicted octanol–water partition coefficient (Wildman–Crippen LogP) is 3.05. The molecule has 0 saturated carbocycles. The van der Waals surface area contributed by atoms with E-state index in [9.17, 15) is 13.2 Å². The number of hydrogen-bond acceptors (Lipinski definition) is 6. The molecule has 0 unspecified atom stereocenters. The van der Waals surface area contributed by atoms with Crippen LogP contribution in [0.1, 0.15) is 30.9 Å². The molecule has 0 spiro atoms. The molecule has 1 amide bonds. The van der Waals surface area contributed by atoms with Gasteiger partial charge in [0.15, 0.2) is 0 Å². The second kappa shape index (κ2) is 10.8. The summed E-state index contributed by atoms with van der Waals surface area (Å²) in [6.45, 7) is 10.1. The second-order valence-electron chi connectivity index (χ2n) is 9.23. The molecule has 2 aromatic carbocycles. The number of amides is 1. The Bertz CT molecular complexity index is 1190. The van der Waals surface area contributed by atoms with Crippen LogP contribution >= 0.6 is 0 Å². The Morgan fingerprint density at radius 3 is 2.26 bits per heavy atom. The highest BCUT2D eigenvalue weighted by Gasteiger charge is 2.32. The van der Waals surface area contributed by atoms with Crippen LogP contribution in [0.15, 0.2) is 47.4 Å². The number of hydrogen-bond donors (Lipinski definition) is 1. The number of nitriles is 1. The molecule has 2 saturated heterocycles. The van der Waals surface area contributed by atoms with Gasteiger partial charge in [0.25, 0.3) is 0 Å². The molecule has 0 aliphatic carbocycles. The summed E-state index contributed by atoms with van der Waals surface area (Å²) in [4.78, 5) is 17.9. The molecule has 2 aromatic rings. The summed E-state index contributed by atoms with van der Waals surface area (Å²) in [5.41, 5.74) is 3.54. The summed E-state index contributed by atoms with van der Waals surface area (Å²) in [5.74, 6) is -0.298. The number of aryl methyl sites for hydroxylation is 1. The summed E-state index contributed by atoms with van der Waals surface area (Å²) >= 11 is 0. The van der Waals surface area contributed by atoms with E-state index in [1.54, 1.807) is 0 Å². The fourth-order valence-electron chi connectivity index (χ4n) is 4.85. The van der Waals surface area contributed by atoms with E-state index in [1.165, 1.54) is 34.3 Å². The van der Waals surface area contributed by atoms with Gasteiger partial charge in [-0.05, 0) is 74.3 Å². The minimum Gasteiger partial charge on any atom is -0.369 e. The minimum atomic E-state index is -3.64. The molecule has 0 bridgehead atoms. The van der Waals surface area contributed by atoms with Crippen LogP contribution in [0.5, 0.6) is 0 Å². The molecule has 0 radical (unpaired) electrons. The molecule has 8 nitrogen and oxygen atoms in total. The van der Waals surface area contributed by atoms with Gasteiger partial charge in [-0.15, -0.1) is 0 Å². The number of nitrogens with zero attached hydrogens (tertiary/aromatic N) is 4. The van der Waals surface area contributed by atoms with Crippen LogP contribution in [0, 0.1) is 24.2 Å². The Morgan fingerprint density at radius 2 is 1.69 bits per heavy atom. The Labute approximate surface area is 208 Å². The first-order valence-electron chi connectivity index (χ1n) is 12.2. The van der Waals surface area contributed by atoms with E-state index in [1.807, 2.05) is 18.2 Å². The molecule has 2 heterocycles. The lowest BCUT2D eigenvalue weighted by atomic mass is 9.97. The maximum Gasteiger partial charge on any atom is 0.243 e. The first-order chi connectivity index (χ1) is 16.8. The summed E-state index contributed by atoms with van der Waals surface area (Å²) in [6, 6.07) is 14.0. The van der Waals surface area contributed by atoms with Crippen LogP contribution in [0.3, 0.4) is 0 Å². The van der Waals surface area contributed by atoms with Crippen molar-refractivity contribution in [2.24, 2.45) is 5.92 Å². The van der Waals surface area contributed by atoms with Crippen LogP contribution < -0.4 is 10.2 Å². The molecule has 1 N–H and O–H groups in total. The van der Waals surface area contributed by atoms with Gasteiger partial charge in [0.1, 0.15) is 0 Å². The number of piperidine rings is 1. The number of rotatable bonds is 6. The number of carbonyl (C=O) groups excluding carboxylic acids is 1. The SMILES string of the molecule is CCN1CCN(c2ccc(NC(=O)C3CCN(S(=O)(=O)c4ccc(C#N)cc4)CC3)cc2C)CC1. The Morgan fingerprint density at radius 1 is 1.03 bits per heavy atom. The molecule has 186 valence electrons. The van der Waals surface area contributed by atoms with Crippen molar-refractivity contribution >= 4 is 27.3 Å². The lowest BCUT2D eigenvalue weighted by molar-refractivity contribution is -0.120. The minimum absolute atomic E-state index is 0.0656. The van der Waals surface area contributed by atoms with Gasteiger partial charge in [-0.3, -0.25) is 4.79 Å². The Balaban J connectivity index is 1.32. The van der Waals surface area contributed by atoms with Crippen molar-refractivity contribution in [2.45, 2.75) is 31.6 Å². The van der Waals surface area contributed by atoms with Crippen LogP contribution in [0.2, 0.25) is 0 Å². The monoisotopic (exact) mass is 495 g/mol. The van der Waals surface area contributed by atoms with E-state index in [0.29, 0.717) is 31.5 Å². The molecular formula is C26H33N5O3S. The molecule has 0 atom stereocenters. The van der Waals surface area contributed by atoms with Crippen LogP contribution in [-0.2, 0) is 14.8 Å². The van der Waals surface area contributed by atoms with Gasteiger partial charge in [-0.25, -0.2) is 8.42 Å². The highest BCUT2D eigenvalue weighted by Crippen LogP contribution is 2.27. The number of nitrogens with one attached hydrogen (secondary N) is 1. The number of likely N-dealkylation sites (N-methyl/N-ethyl adjacent to an activating group) is 1. The van der Waals surface area contributed by atoms with Crippen molar-refractivity contribution < 1.29 is 13.2 Å². The lowest BCUT2D eigenvalue weighted by Crippen LogP contribution is -2.46. The number of anilines is 2. The average molecular weight is 496 g/mol. The van der Waals surface area contributed by atoms with Gasteiger partial charge in [0, 0.05) is 56.6 Å². The van der Waals surface area contributed by atoms with Crippen molar-refractivity contribution in [3.8, 4) is 6.07 Å². The van der Waals surface area contributed by atoms with Crippen molar-refractivity contribution in [2.75, 3.05) is 56.0 Å². The van der Waals surface area contributed by atoms with Gasteiger partial charge in [-0.1, -0.05) is 6.92 Å². The third-order valence-corrected chi connectivity index (χ3v) is 8.98. The first-order valence-corrected chi connectivity index (χ1v) is 13.6. The maximum absolute atomic E-state index is 12.9. The number of carbonyl (C=O) groups is 1. The molecular weight excluding hydrogens is 462 g/mol. The lowest BCUT2D eigenvalue weighted by Gasteiger charge is -2.36. The predicted molar refractivity (Wildman–Crippen MR) is 137 cm³/mol. The third-order valence-electron chi connectivity index (χ3n) is 7.07. The molecule has 0 aromatic heterocycles. The van der Waals surface area contributed by atoms with Gasteiger partial charge < -0.3 is 15.1 Å². The zero-order valence-electron chi connectivity index (χ0n) is 20.4. The Kier molecular flexibility index (Phi) is 7.75. The van der Waals surface area contributed by atoms with Gasteiger partial charge in [0.05, 0.1) is 16.5 Å². The van der Waals surface area contributed by atoms with E-state index in [2.05, 4.69) is 35.0 Å². The van der Waals surface area contributed by atoms with Crippen molar-refractivity contribution in [1.82, 2.24) is 9.21 Å². The molecule has 2 fully saturated rings. The highest BCUT2D eigenvalue weighted by molar-refractivity contribution is 7.89. The standard InChI is InChI=1S/C26H33N5O3S/c1-3-29-14-16-30(17-15-29)25-9-6-23(18-20(25)2)28-26(32)22-10-12-31(13-11-22)35(33,34)24-7-4-21(19-27)5-8-24/h4-9,18,22H,3,10-17H2,1-2H3,(H,28,32). The zero-order valence-corrected chi connectivity index (χ0v) is 21.2. The molecule has 4 rings (SSSR count). The normalized spacial score (nSPS) is 18.3. The van der Waals surface area contributed by atoms with Gasteiger partial charge >= 0.3 is 0 Å². The number of benzene rings is 2. The summed E-state index contributed by atoms with van der Waals surface area (Å²) < 4.78 is 27.3. The highest BCUT2D eigenvalue weighted by atomic mass is 32.2. The fourth-order valence-corrected chi connectivity index (χ4v) is 6.32. The molecule has 2 aliphatic rings. The van der Waals surface area contributed by atoms with Crippen LogP contribution in [-0.4, -0.2) is 69.3 Å². The van der Waals surface area contributed by atoms with Crippen molar-refractivity contribution in [3.63, 3.8) is 0 Å². The van der Waals surface area contributed by atoms with E-state index in [-0.39, 0.29) is 16.7 Å². The number of sulfonamides is 1. The first kappa shape index (κ1) is 25.2. The van der Waals surface area contributed by atoms with E-state index >= 15 is 0 Å². The summed E-state index contributed by atoms with van der Waals surface area (Å²) in [5, 5.41) is 12.0. The quantitative estimate of drug-likeness (QED) is 0.662. The smallest absolute Gasteiger partial charge is 0.243 e. The zero-order chi connectivity index (χ0) is 25.0. The molecule has 35 heavy (non-hydrogen) atoms. The average Bonchev–Trinajstić information content (AvgIpc) is 2.89.